The first-order chi connectivity index (χ1) is 13.6. The van der Waals surface area contributed by atoms with Gasteiger partial charge in [-0.25, -0.2) is 5.48 Å². The lowest BCUT2D eigenvalue weighted by molar-refractivity contribution is -0.129. The summed E-state index contributed by atoms with van der Waals surface area (Å²) in [4.78, 5) is 23.4. The van der Waals surface area contributed by atoms with E-state index in [9.17, 15) is 14.8 Å². The van der Waals surface area contributed by atoms with Gasteiger partial charge in [-0.2, -0.15) is 0 Å². The van der Waals surface area contributed by atoms with Gasteiger partial charge in [-0.3, -0.25) is 14.8 Å². The number of hydrogen-bond acceptors (Lipinski definition) is 3. The fourth-order valence-corrected chi connectivity index (χ4v) is 3.14. The van der Waals surface area contributed by atoms with Gasteiger partial charge in [0.05, 0.1) is 5.92 Å². The Hall–Kier alpha value is -3.44. The zero-order valence-corrected chi connectivity index (χ0v) is 15.6. The molecule has 0 spiro atoms. The highest BCUT2D eigenvalue weighted by Crippen LogP contribution is 2.29. The first-order valence-electron chi connectivity index (χ1n) is 9.01. The Balaban J connectivity index is 1.90. The van der Waals surface area contributed by atoms with Crippen molar-refractivity contribution in [1.82, 2.24) is 10.8 Å². The van der Waals surface area contributed by atoms with Crippen LogP contribution in [0, 0.1) is 0 Å². The Bertz CT molecular complexity index is 953. The largest absolute Gasteiger partial charge is 0.352 e. The number of benzene rings is 3. The van der Waals surface area contributed by atoms with Crippen molar-refractivity contribution in [2.24, 2.45) is 0 Å². The number of carbonyl (C=O) groups excluding carboxylic acids is 2. The molecule has 0 aliphatic rings. The lowest BCUT2D eigenvalue weighted by Gasteiger charge is -2.17. The van der Waals surface area contributed by atoms with Crippen LogP contribution in [-0.2, 0) is 16.1 Å². The van der Waals surface area contributed by atoms with E-state index in [1.165, 1.54) is 6.92 Å². The monoisotopic (exact) mass is 374 g/mol. The molecule has 3 rings (SSSR count). The molecule has 3 N–H and O–H groups in total. The van der Waals surface area contributed by atoms with Crippen molar-refractivity contribution in [2.75, 3.05) is 0 Å². The van der Waals surface area contributed by atoms with Gasteiger partial charge in [-0.05, 0) is 27.8 Å². The molecule has 0 heterocycles. The normalized spacial score (nSPS) is 11.5. The molecule has 0 bridgehead atoms. The summed E-state index contributed by atoms with van der Waals surface area (Å²) in [6.07, 6.45) is 0. The second kappa shape index (κ2) is 8.97. The number of nitrogens with one attached hydrogen (secondary N) is 2. The van der Waals surface area contributed by atoms with Crippen LogP contribution >= 0.6 is 0 Å². The van der Waals surface area contributed by atoms with Crippen molar-refractivity contribution >= 4 is 11.8 Å². The van der Waals surface area contributed by atoms with E-state index in [2.05, 4.69) is 5.32 Å². The second-order valence-electron chi connectivity index (χ2n) is 6.55. The van der Waals surface area contributed by atoms with Crippen molar-refractivity contribution in [3.8, 4) is 11.1 Å². The van der Waals surface area contributed by atoms with Gasteiger partial charge in [-0.1, -0.05) is 78.9 Å². The van der Waals surface area contributed by atoms with E-state index in [0.717, 1.165) is 27.8 Å². The molecule has 1 atom stereocenters. The summed E-state index contributed by atoms with van der Waals surface area (Å²) in [5, 5.41) is 12.0. The van der Waals surface area contributed by atoms with Crippen molar-refractivity contribution in [1.29, 1.82) is 0 Å². The lowest BCUT2D eigenvalue weighted by Crippen LogP contribution is -2.27. The maximum absolute atomic E-state index is 12.3. The highest BCUT2D eigenvalue weighted by atomic mass is 16.5. The molecule has 1 unspecified atom stereocenters. The van der Waals surface area contributed by atoms with Gasteiger partial charge in [-0.15, -0.1) is 0 Å². The van der Waals surface area contributed by atoms with Crippen LogP contribution in [0.25, 0.3) is 11.1 Å². The Labute approximate surface area is 164 Å². The molecule has 3 aromatic rings. The quantitative estimate of drug-likeness (QED) is 0.455. The van der Waals surface area contributed by atoms with Crippen molar-refractivity contribution < 1.29 is 14.8 Å². The van der Waals surface area contributed by atoms with Gasteiger partial charge in [0.25, 0.3) is 5.91 Å². The zero-order chi connectivity index (χ0) is 19.9. The molecule has 2 amide bonds. The standard InChI is InChI=1S/C23H22N2O3/c1-16(26)24-15-17-10-12-18(13-11-17)20-8-5-9-21(14-20)22(23(27)25-28)19-6-3-2-4-7-19/h2-14,22,28H,15H2,1H3,(H,24,26)(H,25,27). The first-order valence-corrected chi connectivity index (χ1v) is 9.01. The van der Waals surface area contributed by atoms with Crippen molar-refractivity contribution in [3.05, 3.63) is 95.6 Å². The van der Waals surface area contributed by atoms with E-state index in [1.54, 1.807) is 5.48 Å². The Morgan fingerprint density at radius 2 is 1.54 bits per heavy atom. The molecule has 0 saturated carbocycles. The van der Waals surface area contributed by atoms with Crippen LogP contribution in [0.5, 0.6) is 0 Å². The number of carbonyl (C=O) groups is 2. The molecule has 5 heteroatoms. The van der Waals surface area contributed by atoms with Crippen molar-refractivity contribution in [2.45, 2.75) is 19.4 Å². The topological polar surface area (TPSA) is 78.4 Å². The molecule has 142 valence electrons. The lowest BCUT2D eigenvalue weighted by atomic mass is 9.89. The molecule has 3 aromatic carbocycles. The molecule has 0 aliphatic carbocycles. The zero-order valence-electron chi connectivity index (χ0n) is 15.6. The number of rotatable bonds is 6. The third-order valence-electron chi connectivity index (χ3n) is 4.55. The maximum atomic E-state index is 12.3. The minimum atomic E-state index is -0.606. The minimum Gasteiger partial charge on any atom is -0.352 e. The summed E-state index contributed by atoms with van der Waals surface area (Å²) in [6.45, 7) is 1.98. The molecule has 0 aromatic heterocycles. The van der Waals surface area contributed by atoms with Gasteiger partial charge >= 0.3 is 0 Å². The molecule has 0 saturated heterocycles. The molecular formula is C23H22N2O3. The third-order valence-corrected chi connectivity index (χ3v) is 4.55. The number of hydroxylamine groups is 1. The summed E-state index contributed by atoms with van der Waals surface area (Å²) < 4.78 is 0. The van der Waals surface area contributed by atoms with Gasteiger partial charge in [0.1, 0.15) is 0 Å². The summed E-state index contributed by atoms with van der Waals surface area (Å²) in [6, 6.07) is 25.0. The molecule has 0 fully saturated rings. The van der Waals surface area contributed by atoms with Gasteiger partial charge in [0.15, 0.2) is 0 Å². The first kappa shape index (κ1) is 19.3. The predicted octanol–water partition coefficient (Wildman–Crippen LogP) is 3.63. The van der Waals surface area contributed by atoms with Crippen LogP contribution in [0.1, 0.15) is 29.5 Å². The van der Waals surface area contributed by atoms with Gasteiger partial charge in [0.2, 0.25) is 5.91 Å². The fraction of sp³-hybridized carbons (Fsp3) is 0.130. The van der Waals surface area contributed by atoms with Crippen LogP contribution in [0.4, 0.5) is 0 Å². The van der Waals surface area contributed by atoms with Gasteiger partial charge in [0, 0.05) is 13.5 Å². The second-order valence-corrected chi connectivity index (χ2v) is 6.55. The number of amides is 2. The van der Waals surface area contributed by atoms with E-state index in [4.69, 9.17) is 0 Å². The molecule has 0 aliphatic heterocycles. The van der Waals surface area contributed by atoms with Crippen LogP contribution in [0.2, 0.25) is 0 Å². The summed E-state index contributed by atoms with van der Waals surface area (Å²) in [7, 11) is 0. The summed E-state index contributed by atoms with van der Waals surface area (Å²) in [5.74, 6) is -1.15. The van der Waals surface area contributed by atoms with E-state index in [0.29, 0.717) is 6.54 Å². The van der Waals surface area contributed by atoms with Crippen LogP contribution in [-0.4, -0.2) is 17.0 Å². The molecule has 5 nitrogen and oxygen atoms in total. The van der Waals surface area contributed by atoms with Crippen LogP contribution in [0.15, 0.2) is 78.9 Å². The third kappa shape index (κ3) is 4.64. The van der Waals surface area contributed by atoms with E-state index < -0.39 is 11.8 Å². The van der Waals surface area contributed by atoms with Crippen LogP contribution in [0.3, 0.4) is 0 Å². The maximum Gasteiger partial charge on any atom is 0.255 e. The Kier molecular flexibility index (Phi) is 6.19. The molecule has 28 heavy (non-hydrogen) atoms. The highest BCUT2D eigenvalue weighted by molar-refractivity contribution is 5.86. The van der Waals surface area contributed by atoms with Crippen LogP contribution < -0.4 is 10.8 Å². The molecular weight excluding hydrogens is 352 g/mol. The predicted molar refractivity (Wildman–Crippen MR) is 108 cm³/mol. The SMILES string of the molecule is CC(=O)NCc1ccc(-c2cccc(C(C(=O)NO)c3ccccc3)c2)cc1. The summed E-state index contributed by atoms with van der Waals surface area (Å²) >= 11 is 0. The Morgan fingerprint density at radius 3 is 2.18 bits per heavy atom. The Morgan fingerprint density at radius 1 is 0.857 bits per heavy atom. The van der Waals surface area contributed by atoms with Crippen molar-refractivity contribution in [3.63, 3.8) is 0 Å². The van der Waals surface area contributed by atoms with Gasteiger partial charge < -0.3 is 5.32 Å². The highest BCUT2D eigenvalue weighted by Gasteiger charge is 2.22. The smallest absolute Gasteiger partial charge is 0.255 e. The van der Waals surface area contributed by atoms with E-state index in [-0.39, 0.29) is 5.91 Å². The average Bonchev–Trinajstić information content (AvgIpc) is 2.73. The summed E-state index contributed by atoms with van der Waals surface area (Å²) in [5.41, 5.74) is 6.35. The number of hydrogen-bond donors (Lipinski definition) is 3. The average molecular weight is 374 g/mol. The molecule has 0 radical (unpaired) electrons. The fourth-order valence-electron chi connectivity index (χ4n) is 3.14. The minimum absolute atomic E-state index is 0.0640. The van der Waals surface area contributed by atoms with E-state index >= 15 is 0 Å². The van der Waals surface area contributed by atoms with E-state index in [1.807, 2.05) is 78.9 Å².